The number of hydrogen-bond donors (Lipinski definition) is 0. The Hall–Kier alpha value is -0.100. The molecule has 1 atom stereocenters. The van der Waals surface area contributed by atoms with Gasteiger partial charge in [0.05, 0.1) is 0 Å². The molecule has 9 heavy (non-hydrogen) atoms. The van der Waals surface area contributed by atoms with Gasteiger partial charge >= 0.3 is 0 Å². The molecule has 1 aliphatic rings. The van der Waals surface area contributed by atoms with Gasteiger partial charge in [0.15, 0.2) is 0 Å². The van der Waals surface area contributed by atoms with Gasteiger partial charge in [-0.2, -0.15) is 0 Å². The van der Waals surface area contributed by atoms with Crippen LogP contribution in [-0.4, -0.2) is 29.3 Å². The number of carbonyl (C=O) groups is 1. The van der Waals surface area contributed by atoms with Gasteiger partial charge in [-0.15, -0.1) is 0 Å². The number of carbonyl (C=O) groups excluding carboxylic acids is 1. The summed E-state index contributed by atoms with van der Waals surface area (Å²) in [7, 11) is 0.838. The molecule has 0 radical (unpaired) electrons. The molecule has 0 aromatic carbocycles. The van der Waals surface area contributed by atoms with Crippen molar-refractivity contribution in [1.29, 1.82) is 0 Å². The summed E-state index contributed by atoms with van der Waals surface area (Å²) in [6.45, 7) is 4.13. The lowest BCUT2D eigenvalue weighted by atomic mass is 10.3. The van der Waals surface area contributed by atoms with E-state index in [1.807, 2.05) is 4.90 Å². The molecule has 1 fully saturated rings. The summed E-state index contributed by atoms with van der Waals surface area (Å²) in [4.78, 5) is 12.9. The Morgan fingerprint density at radius 1 is 1.67 bits per heavy atom. The van der Waals surface area contributed by atoms with Crippen molar-refractivity contribution in [1.82, 2.24) is 4.90 Å². The maximum atomic E-state index is 10.9. The third-order valence-corrected chi connectivity index (χ3v) is 2.62. The van der Waals surface area contributed by atoms with Crippen LogP contribution >= 0.6 is 8.58 Å². The van der Waals surface area contributed by atoms with Gasteiger partial charge in [-0.05, 0) is 13.8 Å². The first-order chi connectivity index (χ1) is 4.22. The summed E-state index contributed by atoms with van der Waals surface area (Å²) in [5, 5.41) is 0. The smallest absolute Gasteiger partial charge is 0.227 e. The lowest BCUT2D eigenvalue weighted by molar-refractivity contribution is -0.127. The molecule has 0 saturated carbocycles. The van der Waals surface area contributed by atoms with Gasteiger partial charge in [-0.1, -0.05) is 8.58 Å². The summed E-state index contributed by atoms with van der Waals surface area (Å²) in [6.07, 6.45) is 1.79. The van der Waals surface area contributed by atoms with Crippen LogP contribution in [0, 0.1) is 0 Å². The van der Waals surface area contributed by atoms with Crippen molar-refractivity contribution >= 4 is 14.5 Å². The minimum atomic E-state index is 0.336. The quantitative estimate of drug-likeness (QED) is 0.501. The van der Waals surface area contributed by atoms with E-state index in [0.29, 0.717) is 11.9 Å². The molecule has 1 aliphatic heterocycles. The SMILES string of the molecule is CC(C)N1CPCC1=O. The molecule has 0 aliphatic carbocycles. The Morgan fingerprint density at radius 3 is 2.56 bits per heavy atom. The zero-order valence-electron chi connectivity index (χ0n) is 5.85. The van der Waals surface area contributed by atoms with Crippen LogP contribution in [0.2, 0.25) is 0 Å². The molecule has 0 bridgehead atoms. The Kier molecular flexibility index (Phi) is 2.07. The fourth-order valence-corrected chi connectivity index (χ4v) is 2.25. The normalized spacial score (nSPS) is 22.6. The summed E-state index contributed by atoms with van der Waals surface area (Å²) in [6, 6.07) is 0.410. The average molecular weight is 145 g/mol. The van der Waals surface area contributed by atoms with Crippen LogP contribution in [0.15, 0.2) is 0 Å². The largest absolute Gasteiger partial charge is 0.336 e. The van der Waals surface area contributed by atoms with E-state index in [1.165, 1.54) is 0 Å². The summed E-state index contributed by atoms with van der Waals surface area (Å²) in [5.74, 6) is 0.336. The fraction of sp³-hybridized carbons (Fsp3) is 0.833. The molecule has 1 amide bonds. The van der Waals surface area contributed by atoms with Crippen molar-refractivity contribution in [3.63, 3.8) is 0 Å². The number of amides is 1. The predicted octanol–water partition coefficient (Wildman–Crippen LogP) is 0.873. The van der Waals surface area contributed by atoms with Gasteiger partial charge in [-0.25, -0.2) is 0 Å². The maximum absolute atomic E-state index is 10.9. The van der Waals surface area contributed by atoms with E-state index >= 15 is 0 Å². The molecule has 1 unspecified atom stereocenters. The van der Waals surface area contributed by atoms with Crippen LogP contribution in [0.5, 0.6) is 0 Å². The molecule has 1 saturated heterocycles. The standard InChI is InChI=1S/C6H12NOP/c1-5(2)7-4-9-3-6(7)8/h5,9H,3-4H2,1-2H3. The van der Waals surface area contributed by atoms with Crippen molar-refractivity contribution < 1.29 is 4.79 Å². The van der Waals surface area contributed by atoms with E-state index in [2.05, 4.69) is 13.8 Å². The van der Waals surface area contributed by atoms with E-state index in [0.717, 1.165) is 21.0 Å². The number of hydrogen-bond acceptors (Lipinski definition) is 1. The minimum Gasteiger partial charge on any atom is -0.336 e. The molecule has 0 N–H and O–H groups in total. The maximum Gasteiger partial charge on any atom is 0.227 e. The van der Waals surface area contributed by atoms with Gasteiger partial charge in [0, 0.05) is 18.5 Å². The van der Waals surface area contributed by atoms with Crippen molar-refractivity contribution in [3.8, 4) is 0 Å². The highest BCUT2D eigenvalue weighted by Gasteiger charge is 2.21. The van der Waals surface area contributed by atoms with Crippen LogP contribution in [0.4, 0.5) is 0 Å². The molecule has 0 aromatic heterocycles. The van der Waals surface area contributed by atoms with Gasteiger partial charge in [0.2, 0.25) is 5.91 Å². The first-order valence-electron chi connectivity index (χ1n) is 3.22. The molecule has 1 rings (SSSR count). The van der Waals surface area contributed by atoms with E-state index in [-0.39, 0.29) is 0 Å². The van der Waals surface area contributed by atoms with Gasteiger partial charge in [-0.3, -0.25) is 4.79 Å². The van der Waals surface area contributed by atoms with E-state index in [9.17, 15) is 4.79 Å². The highest BCUT2D eigenvalue weighted by atomic mass is 31.1. The van der Waals surface area contributed by atoms with Crippen LogP contribution in [0.3, 0.4) is 0 Å². The fourth-order valence-electron chi connectivity index (χ4n) is 0.944. The predicted molar refractivity (Wildman–Crippen MR) is 40.0 cm³/mol. The summed E-state index contributed by atoms with van der Waals surface area (Å²) in [5.41, 5.74) is 0. The van der Waals surface area contributed by atoms with Gasteiger partial charge in [0.25, 0.3) is 0 Å². The topological polar surface area (TPSA) is 20.3 Å². The minimum absolute atomic E-state index is 0.336. The van der Waals surface area contributed by atoms with Crippen molar-refractivity contribution in [3.05, 3.63) is 0 Å². The zero-order chi connectivity index (χ0) is 6.85. The lowest BCUT2D eigenvalue weighted by Gasteiger charge is -2.19. The third-order valence-electron chi connectivity index (χ3n) is 1.50. The second kappa shape index (κ2) is 2.66. The Morgan fingerprint density at radius 2 is 2.33 bits per heavy atom. The number of nitrogens with zero attached hydrogens (tertiary/aromatic N) is 1. The van der Waals surface area contributed by atoms with Crippen molar-refractivity contribution in [2.45, 2.75) is 19.9 Å². The highest BCUT2D eigenvalue weighted by molar-refractivity contribution is 7.40. The van der Waals surface area contributed by atoms with Crippen LogP contribution in [0.1, 0.15) is 13.8 Å². The third kappa shape index (κ3) is 1.42. The Labute approximate surface area is 57.4 Å². The molecule has 3 heteroatoms. The van der Waals surface area contributed by atoms with Crippen LogP contribution in [-0.2, 0) is 4.79 Å². The highest BCUT2D eigenvalue weighted by Crippen LogP contribution is 2.22. The lowest BCUT2D eigenvalue weighted by Crippen LogP contribution is -2.32. The first-order valence-corrected chi connectivity index (χ1v) is 4.63. The molecule has 2 nitrogen and oxygen atoms in total. The first kappa shape index (κ1) is 7.01. The van der Waals surface area contributed by atoms with Crippen LogP contribution in [0.25, 0.3) is 0 Å². The summed E-state index contributed by atoms with van der Waals surface area (Å²) < 4.78 is 0. The van der Waals surface area contributed by atoms with E-state index < -0.39 is 0 Å². The van der Waals surface area contributed by atoms with E-state index in [4.69, 9.17) is 0 Å². The molecular weight excluding hydrogens is 133 g/mol. The summed E-state index contributed by atoms with van der Waals surface area (Å²) >= 11 is 0. The molecule has 52 valence electrons. The molecular formula is C6H12NOP. The molecule has 0 spiro atoms. The number of rotatable bonds is 1. The molecule has 0 aromatic rings. The van der Waals surface area contributed by atoms with Crippen molar-refractivity contribution in [2.75, 3.05) is 12.4 Å². The van der Waals surface area contributed by atoms with Gasteiger partial charge in [0.1, 0.15) is 0 Å². The van der Waals surface area contributed by atoms with Gasteiger partial charge < -0.3 is 4.90 Å². The van der Waals surface area contributed by atoms with Crippen molar-refractivity contribution in [2.24, 2.45) is 0 Å². The second-order valence-corrected chi connectivity index (χ2v) is 3.71. The van der Waals surface area contributed by atoms with E-state index in [1.54, 1.807) is 0 Å². The second-order valence-electron chi connectivity index (χ2n) is 2.54. The molecule has 1 heterocycles. The average Bonchev–Trinajstić information content (AvgIpc) is 2.13. The Balaban J connectivity index is 2.49. The Bertz CT molecular complexity index is 124. The van der Waals surface area contributed by atoms with Crippen LogP contribution < -0.4 is 0 Å². The zero-order valence-corrected chi connectivity index (χ0v) is 6.85. The monoisotopic (exact) mass is 145 g/mol.